The molecule has 3 rings (SSSR count). The number of anilines is 1. The van der Waals surface area contributed by atoms with Crippen LogP contribution >= 0.6 is 0 Å². The Bertz CT molecular complexity index is 576. The number of rotatable bonds is 7. The minimum absolute atomic E-state index is 0.608. The number of furan rings is 1. The maximum absolute atomic E-state index is 5.52. The van der Waals surface area contributed by atoms with Crippen molar-refractivity contribution in [2.75, 3.05) is 11.9 Å². The molecule has 0 unspecified atom stereocenters. The molecule has 1 aliphatic rings. The first-order chi connectivity index (χ1) is 10.3. The van der Waals surface area contributed by atoms with Gasteiger partial charge in [-0.1, -0.05) is 6.92 Å². The van der Waals surface area contributed by atoms with E-state index in [1.165, 1.54) is 18.4 Å². The summed E-state index contributed by atoms with van der Waals surface area (Å²) in [6, 6.07) is 8.99. The van der Waals surface area contributed by atoms with E-state index in [4.69, 9.17) is 9.40 Å². The zero-order chi connectivity index (χ0) is 14.7. The van der Waals surface area contributed by atoms with E-state index in [1.54, 1.807) is 6.26 Å². The number of hydrogen-bond acceptors (Lipinski definition) is 4. The number of hydrogen-bond donors (Lipinski definition) is 1. The Kier molecular flexibility index (Phi) is 4.25. The molecule has 2 aromatic rings. The molecule has 0 amide bonds. The summed E-state index contributed by atoms with van der Waals surface area (Å²) >= 11 is 0. The Morgan fingerprint density at radius 2 is 2.24 bits per heavy atom. The first kappa shape index (κ1) is 14.1. The Morgan fingerprint density at radius 1 is 1.38 bits per heavy atom. The highest BCUT2D eigenvalue weighted by molar-refractivity contribution is 5.45. The molecular weight excluding hydrogens is 262 g/mol. The second-order valence-corrected chi connectivity index (χ2v) is 5.65. The predicted molar refractivity (Wildman–Crippen MR) is 84.3 cm³/mol. The predicted octanol–water partition coefficient (Wildman–Crippen LogP) is 3.13. The smallest absolute Gasteiger partial charge is 0.129 e. The molecule has 0 aliphatic heterocycles. The molecule has 0 aromatic carbocycles. The van der Waals surface area contributed by atoms with Gasteiger partial charge in [0.2, 0.25) is 0 Å². The molecule has 1 aliphatic carbocycles. The third kappa shape index (κ3) is 3.45. The van der Waals surface area contributed by atoms with Gasteiger partial charge in [-0.3, -0.25) is 0 Å². The lowest BCUT2D eigenvalue weighted by Crippen LogP contribution is -2.26. The van der Waals surface area contributed by atoms with E-state index in [1.807, 2.05) is 19.2 Å². The molecule has 1 fully saturated rings. The van der Waals surface area contributed by atoms with E-state index in [0.29, 0.717) is 6.04 Å². The van der Waals surface area contributed by atoms with Crippen LogP contribution in [0, 0.1) is 0 Å². The standard InChI is InChI=1S/C17H23N3O/c1-3-14-9-13(11-18-2)10-17(19-14)20(15-6-7-15)12-16-5-4-8-21-16/h4-5,8-10,15,18H,3,6-7,11-12H2,1-2H3. The topological polar surface area (TPSA) is 41.3 Å². The summed E-state index contributed by atoms with van der Waals surface area (Å²) < 4.78 is 5.52. The molecule has 1 N–H and O–H groups in total. The normalized spacial score (nSPS) is 14.4. The van der Waals surface area contributed by atoms with Gasteiger partial charge in [0.15, 0.2) is 0 Å². The molecule has 0 spiro atoms. The second-order valence-electron chi connectivity index (χ2n) is 5.65. The maximum Gasteiger partial charge on any atom is 0.129 e. The molecule has 21 heavy (non-hydrogen) atoms. The van der Waals surface area contributed by atoms with Gasteiger partial charge in [-0.05, 0) is 56.1 Å². The van der Waals surface area contributed by atoms with E-state index in [9.17, 15) is 0 Å². The first-order valence-corrected chi connectivity index (χ1v) is 7.73. The fourth-order valence-electron chi connectivity index (χ4n) is 2.62. The Morgan fingerprint density at radius 3 is 2.86 bits per heavy atom. The molecule has 0 radical (unpaired) electrons. The van der Waals surface area contributed by atoms with E-state index in [2.05, 4.69) is 29.3 Å². The Balaban J connectivity index is 1.88. The summed E-state index contributed by atoms with van der Waals surface area (Å²) in [6.07, 6.45) is 5.20. The van der Waals surface area contributed by atoms with E-state index in [-0.39, 0.29) is 0 Å². The van der Waals surface area contributed by atoms with Crippen LogP contribution in [0.2, 0.25) is 0 Å². The van der Waals surface area contributed by atoms with Crippen LogP contribution in [-0.2, 0) is 19.5 Å². The van der Waals surface area contributed by atoms with Crippen molar-refractivity contribution in [1.29, 1.82) is 0 Å². The quantitative estimate of drug-likeness (QED) is 0.848. The molecule has 4 nitrogen and oxygen atoms in total. The highest BCUT2D eigenvalue weighted by Crippen LogP contribution is 2.32. The Hall–Kier alpha value is -1.81. The lowest BCUT2D eigenvalue weighted by molar-refractivity contribution is 0.500. The van der Waals surface area contributed by atoms with Gasteiger partial charge in [-0.25, -0.2) is 4.98 Å². The van der Waals surface area contributed by atoms with Crippen LogP contribution in [0.1, 0.15) is 36.8 Å². The van der Waals surface area contributed by atoms with Gasteiger partial charge in [0, 0.05) is 18.3 Å². The van der Waals surface area contributed by atoms with Gasteiger partial charge >= 0.3 is 0 Å². The van der Waals surface area contributed by atoms with E-state index >= 15 is 0 Å². The van der Waals surface area contributed by atoms with Gasteiger partial charge in [0.25, 0.3) is 0 Å². The van der Waals surface area contributed by atoms with Crippen molar-refractivity contribution in [2.45, 2.75) is 45.3 Å². The minimum Gasteiger partial charge on any atom is -0.467 e. The van der Waals surface area contributed by atoms with Crippen molar-refractivity contribution in [3.05, 3.63) is 47.5 Å². The molecule has 0 bridgehead atoms. The average Bonchev–Trinajstić information content (AvgIpc) is 3.21. The molecule has 112 valence electrons. The number of pyridine rings is 1. The summed E-state index contributed by atoms with van der Waals surface area (Å²) in [6.45, 7) is 3.84. The Labute approximate surface area is 126 Å². The van der Waals surface area contributed by atoms with Crippen molar-refractivity contribution in [3.8, 4) is 0 Å². The third-order valence-corrected chi connectivity index (χ3v) is 3.86. The number of nitrogens with one attached hydrogen (secondary N) is 1. The lowest BCUT2D eigenvalue weighted by atomic mass is 10.2. The van der Waals surface area contributed by atoms with Crippen molar-refractivity contribution >= 4 is 5.82 Å². The highest BCUT2D eigenvalue weighted by atomic mass is 16.3. The number of aromatic nitrogens is 1. The van der Waals surface area contributed by atoms with Crippen molar-refractivity contribution in [1.82, 2.24) is 10.3 Å². The SMILES string of the molecule is CCc1cc(CNC)cc(N(Cc2ccco2)C2CC2)n1. The first-order valence-electron chi connectivity index (χ1n) is 7.73. The third-order valence-electron chi connectivity index (χ3n) is 3.86. The molecule has 4 heteroatoms. The van der Waals surface area contributed by atoms with Crippen LogP contribution in [0.5, 0.6) is 0 Å². The molecule has 0 saturated heterocycles. The summed E-state index contributed by atoms with van der Waals surface area (Å²) in [7, 11) is 1.98. The summed E-state index contributed by atoms with van der Waals surface area (Å²) in [5.41, 5.74) is 2.45. The van der Waals surface area contributed by atoms with Gasteiger partial charge in [0.05, 0.1) is 12.8 Å². The van der Waals surface area contributed by atoms with Crippen LogP contribution in [0.25, 0.3) is 0 Å². The molecule has 0 atom stereocenters. The average molecular weight is 285 g/mol. The van der Waals surface area contributed by atoms with Crippen LogP contribution in [0.4, 0.5) is 5.82 Å². The van der Waals surface area contributed by atoms with Crippen molar-refractivity contribution in [3.63, 3.8) is 0 Å². The summed E-state index contributed by atoms with van der Waals surface area (Å²) in [5.74, 6) is 2.08. The highest BCUT2D eigenvalue weighted by Gasteiger charge is 2.31. The van der Waals surface area contributed by atoms with Crippen LogP contribution in [0.3, 0.4) is 0 Å². The fraction of sp³-hybridized carbons (Fsp3) is 0.471. The zero-order valence-corrected chi connectivity index (χ0v) is 12.8. The van der Waals surface area contributed by atoms with E-state index in [0.717, 1.165) is 36.8 Å². The van der Waals surface area contributed by atoms with Crippen molar-refractivity contribution in [2.24, 2.45) is 0 Å². The van der Waals surface area contributed by atoms with Crippen molar-refractivity contribution < 1.29 is 4.42 Å². The molecule has 2 aromatic heterocycles. The van der Waals surface area contributed by atoms with E-state index < -0.39 is 0 Å². The van der Waals surface area contributed by atoms with Gasteiger partial charge in [0.1, 0.15) is 11.6 Å². The van der Waals surface area contributed by atoms with Gasteiger partial charge in [-0.2, -0.15) is 0 Å². The minimum atomic E-state index is 0.608. The largest absolute Gasteiger partial charge is 0.467 e. The monoisotopic (exact) mass is 285 g/mol. The summed E-state index contributed by atoms with van der Waals surface area (Å²) in [5, 5.41) is 3.23. The fourth-order valence-corrected chi connectivity index (χ4v) is 2.62. The summed E-state index contributed by atoms with van der Waals surface area (Å²) in [4.78, 5) is 7.22. The lowest BCUT2D eigenvalue weighted by Gasteiger charge is -2.23. The van der Waals surface area contributed by atoms with Crippen LogP contribution < -0.4 is 10.2 Å². The number of nitrogens with zero attached hydrogens (tertiary/aromatic N) is 2. The molecule has 2 heterocycles. The molecule has 1 saturated carbocycles. The maximum atomic E-state index is 5.52. The number of aryl methyl sites for hydroxylation is 1. The van der Waals surface area contributed by atoms with Gasteiger partial charge < -0.3 is 14.6 Å². The molecular formula is C17H23N3O. The second kappa shape index (κ2) is 6.31. The van der Waals surface area contributed by atoms with Crippen LogP contribution in [0.15, 0.2) is 34.9 Å². The van der Waals surface area contributed by atoms with Crippen LogP contribution in [-0.4, -0.2) is 18.1 Å². The van der Waals surface area contributed by atoms with Gasteiger partial charge in [-0.15, -0.1) is 0 Å². The zero-order valence-electron chi connectivity index (χ0n) is 12.8.